The summed E-state index contributed by atoms with van der Waals surface area (Å²) in [5, 5.41) is 9.05. The first-order chi connectivity index (χ1) is 10.5. The highest BCUT2D eigenvalue weighted by atomic mass is 16.4. The van der Waals surface area contributed by atoms with E-state index < -0.39 is 11.5 Å². The molecule has 0 aliphatic carbocycles. The van der Waals surface area contributed by atoms with Crippen LogP contribution in [-0.4, -0.2) is 30.6 Å². The molecule has 0 amide bonds. The van der Waals surface area contributed by atoms with Crippen LogP contribution in [-0.2, 0) is 13.5 Å². The van der Waals surface area contributed by atoms with Crippen LogP contribution in [0.1, 0.15) is 22.8 Å². The molecule has 0 saturated heterocycles. The lowest BCUT2D eigenvalue weighted by Gasteiger charge is -2.09. The number of hydrogen-bond donors (Lipinski definition) is 2. The Balaban J connectivity index is 2.22. The highest BCUT2D eigenvalue weighted by molar-refractivity contribution is 5.88. The van der Waals surface area contributed by atoms with Crippen molar-refractivity contribution in [1.29, 1.82) is 0 Å². The number of pyridine rings is 2. The highest BCUT2D eigenvalue weighted by Gasteiger charge is 2.15. The molecule has 7 heteroatoms. The van der Waals surface area contributed by atoms with Gasteiger partial charge >= 0.3 is 5.97 Å². The topological polar surface area (TPSA) is 101 Å². The molecule has 0 unspecified atom stereocenters. The van der Waals surface area contributed by atoms with Crippen LogP contribution in [0.25, 0.3) is 22.4 Å². The Morgan fingerprint density at radius 1 is 1.36 bits per heavy atom. The number of carbonyl (C=O) groups is 1. The lowest BCUT2D eigenvalue weighted by Crippen LogP contribution is -2.19. The lowest BCUT2D eigenvalue weighted by atomic mass is 10.0. The zero-order chi connectivity index (χ0) is 15.9. The summed E-state index contributed by atoms with van der Waals surface area (Å²) < 4.78 is 1.80. The molecule has 0 aromatic carbocycles. The summed E-state index contributed by atoms with van der Waals surface area (Å²) in [6.45, 7) is 1.90. The molecule has 0 spiro atoms. The van der Waals surface area contributed by atoms with Crippen molar-refractivity contribution in [3.63, 3.8) is 0 Å². The highest BCUT2D eigenvalue weighted by Crippen LogP contribution is 2.23. The van der Waals surface area contributed by atoms with E-state index in [0.29, 0.717) is 23.2 Å². The maximum atomic E-state index is 11.9. The average molecular weight is 298 g/mol. The third-order valence-corrected chi connectivity index (χ3v) is 3.57. The second kappa shape index (κ2) is 5.10. The Kier molecular flexibility index (Phi) is 3.25. The average Bonchev–Trinajstić information content (AvgIpc) is 2.87. The van der Waals surface area contributed by atoms with Crippen LogP contribution in [0.15, 0.2) is 29.5 Å². The number of carboxylic acids is 1. The van der Waals surface area contributed by atoms with E-state index >= 15 is 0 Å². The smallest absolute Gasteiger partial charge is 0.341 e. The van der Waals surface area contributed by atoms with E-state index in [1.54, 1.807) is 17.1 Å². The number of nitrogens with one attached hydrogen (secondary N) is 1. The number of aromatic carboxylic acids is 1. The van der Waals surface area contributed by atoms with Gasteiger partial charge in [0.25, 0.3) is 5.56 Å². The van der Waals surface area contributed by atoms with Crippen molar-refractivity contribution in [2.24, 2.45) is 7.05 Å². The Labute approximate surface area is 125 Å². The van der Waals surface area contributed by atoms with E-state index in [1.807, 2.05) is 20.0 Å². The predicted molar refractivity (Wildman–Crippen MR) is 80.9 cm³/mol. The Hall–Kier alpha value is -2.96. The van der Waals surface area contributed by atoms with Crippen LogP contribution in [0.5, 0.6) is 0 Å². The van der Waals surface area contributed by atoms with Gasteiger partial charge in [-0.3, -0.25) is 4.79 Å². The number of nitrogens with zero attached hydrogens (tertiary/aromatic N) is 3. The molecule has 0 aliphatic rings. The minimum absolute atomic E-state index is 0.257. The molecule has 2 N–H and O–H groups in total. The van der Waals surface area contributed by atoms with E-state index in [4.69, 9.17) is 5.11 Å². The number of imidazole rings is 1. The van der Waals surface area contributed by atoms with Crippen LogP contribution < -0.4 is 5.56 Å². The maximum absolute atomic E-state index is 11.9. The number of aromatic amines is 1. The quantitative estimate of drug-likeness (QED) is 0.764. The van der Waals surface area contributed by atoms with Gasteiger partial charge in [0.2, 0.25) is 0 Å². The van der Waals surface area contributed by atoms with Crippen molar-refractivity contribution in [1.82, 2.24) is 19.5 Å². The van der Waals surface area contributed by atoms with Crippen molar-refractivity contribution in [3.05, 3.63) is 46.1 Å². The van der Waals surface area contributed by atoms with Gasteiger partial charge in [0.05, 0.1) is 12.0 Å². The van der Waals surface area contributed by atoms with E-state index in [-0.39, 0.29) is 5.56 Å². The van der Waals surface area contributed by atoms with Gasteiger partial charge in [-0.2, -0.15) is 0 Å². The molecule has 0 atom stereocenters. The summed E-state index contributed by atoms with van der Waals surface area (Å²) in [4.78, 5) is 34.2. The Bertz CT molecular complexity index is 940. The van der Waals surface area contributed by atoms with Gasteiger partial charge in [-0.25, -0.2) is 14.8 Å². The third-order valence-electron chi connectivity index (χ3n) is 3.57. The SMILES string of the molecule is CCc1cc(C(=O)O)c(=O)[nH]c1-c1cnc2c(c1)ncn2C. The molecule has 0 aliphatic heterocycles. The fraction of sp³-hybridized carbons (Fsp3) is 0.200. The van der Waals surface area contributed by atoms with E-state index in [2.05, 4.69) is 15.0 Å². The monoisotopic (exact) mass is 298 g/mol. The minimum Gasteiger partial charge on any atom is -0.477 e. The first kappa shape index (κ1) is 14.0. The largest absolute Gasteiger partial charge is 0.477 e. The molecule has 22 heavy (non-hydrogen) atoms. The number of carboxylic acid groups (broad SMARTS) is 1. The van der Waals surface area contributed by atoms with Crippen LogP contribution in [0.2, 0.25) is 0 Å². The Morgan fingerprint density at radius 3 is 2.82 bits per heavy atom. The van der Waals surface area contributed by atoms with Crippen LogP contribution in [0.4, 0.5) is 0 Å². The van der Waals surface area contributed by atoms with Gasteiger partial charge in [-0.05, 0) is 24.1 Å². The van der Waals surface area contributed by atoms with Gasteiger partial charge in [0, 0.05) is 18.8 Å². The van der Waals surface area contributed by atoms with Gasteiger partial charge in [-0.15, -0.1) is 0 Å². The molecule has 7 nitrogen and oxygen atoms in total. The third kappa shape index (κ3) is 2.16. The zero-order valence-corrected chi connectivity index (χ0v) is 12.1. The molecule has 0 radical (unpaired) electrons. The van der Waals surface area contributed by atoms with Crippen LogP contribution >= 0.6 is 0 Å². The fourth-order valence-corrected chi connectivity index (χ4v) is 2.42. The van der Waals surface area contributed by atoms with Crippen LogP contribution in [0.3, 0.4) is 0 Å². The molecular formula is C15H14N4O3. The molecule has 3 rings (SSSR count). The number of aryl methyl sites for hydroxylation is 2. The van der Waals surface area contributed by atoms with Gasteiger partial charge in [0.1, 0.15) is 11.1 Å². The second-order valence-electron chi connectivity index (χ2n) is 4.99. The Morgan fingerprint density at radius 2 is 2.14 bits per heavy atom. The van der Waals surface area contributed by atoms with Gasteiger partial charge in [-0.1, -0.05) is 6.92 Å². The molecule has 112 valence electrons. The summed E-state index contributed by atoms with van der Waals surface area (Å²) in [7, 11) is 1.85. The molecule has 3 heterocycles. The summed E-state index contributed by atoms with van der Waals surface area (Å²) in [6, 6.07) is 3.24. The fourth-order valence-electron chi connectivity index (χ4n) is 2.42. The minimum atomic E-state index is -1.24. The summed E-state index contributed by atoms with van der Waals surface area (Å²) in [5.41, 5.74) is 2.61. The van der Waals surface area contributed by atoms with Crippen molar-refractivity contribution in [2.75, 3.05) is 0 Å². The molecule has 0 saturated carbocycles. The standard InChI is InChI=1S/C15H14N4O3/c1-3-8-4-10(15(21)22)14(20)18-12(8)9-5-11-13(16-6-9)19(2)7-17-11/h4-7H,3H2,1-2H3,(H,18,20)(H,21,22). The summed E-state index contributed by atoms with van der Waals surface area (Å²) >= 11 is 0. The maximum Gasteiger partial charge on any atom is 0.341 e. The lowest BCUT2D eigenvalue weighted by molar-refractivity contribution is 0.0695. The number of rotatable bonds is 3. The van der Waals surface area contributed by atoms with Crippen molar-refractivity contribution >= 4 is 17.1 Å². The number of H-pyrrole nitrogens is 1. The summed E-state index contributed by atoms with van der Waals surface area (Å²) in [6.07, 6.45) is 3.90. The van der Waals surface area contributed by atoms with E-state index in [9.17, 15) is 9.59 Å². The van der Waals surface area contributed by atoms with Gasteiger partial charge in [0.15, 0.2) is 5.65 Å². The predicted octanol–water partition coefficient (Wildman–Crippen LogP) is 1.58. The van der Waals surface area contributed by atoms with Crippen molar-refractivity contribution in [2.45, 2.75) is 13.3 Å². The second-order valence-corrected chi connectivity index (χ2v) is 4.99. The van der Waals surface area contributed by atoms with Crippen LogP contribution in [0, 0.1) is 0 Å². The molecule has 3 aromatic rings. The zero-order valence-electron chi connectivity index (χ0n) is 12.1. The first-order valence-corrected chi connectivity index (χ1v) is 6.78. The molecule has 0 bridgehead atoms. The normalized spacial score (nSPS) is 11.0. The summed E-state index contributed by atoms with van der Waals surface area (Å²) in [5.74, 6) is -1.24. The molecular weight excluding hydrogens is 284 g/mol. The van der Waals surface area contributed by atoms with Gasteiger partial charge < -0.3 is 14.7 Å². The first-order valence-electron chi connectivity index (χ1n) is 6.78. The number of fused-ring (bicyclic) bond motifs is 1. The molecule has 3 aromatic heterocycles. The number of hydrogen-bond acceptors (Lipinski definition) is 4. The van der Waals surface area contributed by atoms with E-state index in [0.717, 1.165) is 11.2 Å². The number of aromatic nitrogens is 4. The van der Waals surface area contributed by atoms with Crippen molar-refractivity contribution in [3.8, 4) is 11.3 Å². The van der Waals surface area contributed by atoms with E-state index in [1.165, 1.54) is 6.07 Å². The van der Waals surface area contributed by atoms with Crippen molar-refractivity contribution < 1.29 is 9.90 Å². The molecule has 0 fully saturated rings.